The van der Waals surface area contributed by atoms with E-state index < -0.39 is 12.1 Å². The molecule has 0 radical (unpaired) electrons. The van der Waals surface area contributed by atoms with Crippen molar-refractivity contribution in [1.29, 1.82) is 0 Å². The first-order valence-corrected chi connectivity index (χ1v) is 6.45. The molecule has 0 aromatic carbocycles. The van der Waals surface area contributed by atoms with Crippen LogP contribution in [0.3, 0.4) is 0 Å². The highest BCUT2D eigenvalue weighted by Gasteiger charge is 2.37. The molecule has 1 aromatic rings. The van der Waals surface area contributed by atoms with Crippen LogP contribution >= 0.6 is 0 Å². The zero-order chi connectivity index (χ0) is 14.0. The molecule has 0 spiro atoms. The Kier molecular flexibility index (Phi) is 4.21. The summed E-state index contributed by atoms with van der Waals surface area (Å²) in [6.45, 7) is 4.99. The average Bonchev–Trinajstić information content (AvgIpc) is 2.95. The number of aliphatic hydroxyl groups excluding tert-OH is 1. The fraction of sp³-hybridized carbons (Fsp3) is 0.692. The van der Waals surface area contributed by atoms with E-state index in [1.165, 1.54) is 13.5 Å². The molecule has 6 heteroatoms. The van der Waals surface area contributed by atoms with Crippen LogP contribution in [0, 0.1) is 0 Å². The van der Waals surface area contributed by atoms with Crippen molar-refractivity contribution in [3.05, 3.63) is 17.8 Å². The molecule has 2 atom stereocenters. The number of rotatable bonds is 4. The molecule has 0 aliphatic carbocycles. The minimum atomic E-state index is -0.501. The SMILES string of the molecule is COC(=O)[C@H]1C[C@@H](O)CN1Cc1ncoc1C(C)C. The molecule has 0 unspecified atom stereocenters. The second kappa shape index (κ2) is 5.71. The minimum Gasteiger partial charge on any atom is -0.468 e. The largest absolute Gasteiger partial charge is 0.468 e. The fourth-order valence-electron chi connectivity index (χ4n) is 2.49. The molecule has 1 fully saturated rings. The maximum atomic E-state index is 11.7. The Hall–Kier alpha value is -1.40. The summed E-state index contributed by atoms with van der Waals surface area (Å²) in [5, 5.41) is 9.73. The Balaban J connectivity index is 2.12. The van der Waals surface area contributed by atoms with E-state index in [1.54, 1.807) is 0 Å². The van der Waals surface area contributed by atoms with E-state index >= 15 is 0 Å². The fourth-order valence-corrected chi connectivity index (χ4v) is 2.49. The first kappa shape index (κ1) is 14.0. The van der Waals surface area contributed by atoms with E-state index in [0.29, 0.717) is 19.5 Å². The van der Waals surface area contributed by atoms with Crippen molar-refractivity contribution < 1.29 is 19.1 Å². The van der Waals surface area contributed by atoms with Crippen molar-refractivity contribution in [2.45, 2.75) is 44.9 Å². The van der Waals surface area contributed by atoms with Gasteiger partial charge in [-0.1, -0.05) is 13.8 Å². The van der Waals surface area contributed by atoms with Crippen LogP contribution in [0.25, 0.3) is 0 Å². The molecule has 0 bridgehead atoms. The van der Waals surface area contributed by atoms with Gasteiger partial charge in [-0.25, -0.2) is 4.98 Å². The van der Waals surface area contributed by atoms with Crippen molar-refractivity contribution in [3.8, 4) is 0 Å². The number of nitrogens with zero attached hydrogens (tertiary/aromatic N) is 2. The highest BCUT2D eigenvalue weighted by Crippen LogP contribution is 2.25. The summed E-state index contributed by atoms with van der Waals surface area (Å²) >= 11 is 0. The summed E-state index contributed by atoms with van der Waals surface area (Å²) in [4.78, 5) is 17.8. The molecule has 19 heavy (non-hydrogen) atoms. The Bertz CT molecular complexity index is 444. The molecule has 6 nitrogen and oxygen atoms in total. The molecule has 0 saturated carbocycles. The molecule has 2 heterocycles. The first-order chi connectivity index (χ1) is 9.02. The smallest absolute Gasteiger partial charge is 0.323 e. The van der Waals surface area contributed by atoms with Crippen molar-refractivity contribution in [1.82, 2.24) is 9.88 Å². The van der Waals surface area contributed by atoms with Crippen LogP contribution in [-0.4, -0.2) is 46.8 Å². The van der Waals surface area contributed by atoms with Crippen LogP contribution in [0.1, 0.15) is 37.6 Å². The number of aliphatic hydroxyl groups is 1. The van der Waals surface area contributed by atoms with Gasteiger partial charge in [0.15, 0.2) is 6.39 Å². The van der Waals surface area contributed by atoms with Crippen molar-refractivity contribution in [2.24, 2.45) is 0 Å². The molecule has 0 amide bonds. The maximum Gasteiger partial charge on any atom is 0.323 e. The summed E-state index contributed by atoms with van der Waals surface area (Å²) < 4.78 is 10.1. The number of carbonyl (C=O) groups is 1. The zero-order valence-electron chi connectivity index (χ0n) is 11.5. The minimum absolute atomic E-state index is 0.238. The second-order valence-electron chi connectivity index (χ2n) is 5.18. The van der Waals surface area contributed by atoms with Gasteiger partial charge in [-0.15, -0.1) is 0 Å². The Morgan fingerprint density at radius 2 is 2.42 bits per heavy atom. The van der Waals surface area contributed by atoms with E-state index in [4.69, 9.17) is 9.15 Å². The average molecular weight is 268 g/mol. The zero-order valence-corrected chi connectivity index (χ0v) is 11.5. The quantitative estimate of drug-likeness (QED) is 0.818. The van der Waals surface area contributed by atoms with Gasteiger partial charge in [0.25, 0.3) is 0 Å². The molecule has 1 aliphatic rings. The van der Waals surface area contributed by atoms with E-state index in [2.05, 4.69) is 4.98 Å². The lowest BCUT2D eigenvalue weighted by Crippen LogP contribution is -2.36. The molecule has 106 valence electrons. The van der Waals surface area contributed by atoms with Crippen molar-refractivity contribution in [3.63, 3.8) is 0 Å². The third-order valence-corrected chi connectivity index (χ3v) is 3.40. The van der Waals surface area contributed by atoms with Gasteiger partial charge in [-0.2, -0.15) is 0 Å². The predicted octanol–water partition coefficient (Wildman–Crippen LogP) is 0.906. The van der Waals surface area contributed by atoms with Crippen LogP contribution in [0.4, 0.5) is 0 Å². The van der Waals surface area contributed by atoms with Gasteiger partial charge in [-0.3, -0.25) is 9.69 Å². The van der Waals surface area contributed by atoms with Crippen LogP contribution in [-0.2, 0) is 16.1 Å². The molecular weight excluding hydrogens is 248 g/mol. The number of ether oxygens (including phenoxy) is 1. The summed E-state index contributed by atoms with van der Waals surface area (Å²) in [6.07, 6.45) is 1.32. The van der Waals surface area contributed by atoms with Gasteiger partial charge >= 0.3 is 5.97 Å². The van der Waals surface area contributed by atoms with Gasteiger partial charge in [0.05, 0.1) is 18.9 Å². The van der Waals surface area contributed by atoms with E-state index in [-0.39, 0.29) is 11.9 Å². The monoisotopic (exact) mass is 268 g/mol. The number of aromatic nitrogens is 1. The highest BCUT2D eigenvalue weighted by atomic mass is 16.5. The van der Waals surface area contributed by atoms with E-state index in [0.717, 1.165) is 11.5 Å². The van der Waals surface area contributed by atoms with Gasteiger partial charge in [-0.05, 0) is 0 Å². The van der Waals surface area contributed by atoms with Crippen LogP contribution in [0.15, 0.2) is 10.8 Å². The van der Waals surface area contributed by atoms with E-state index in [1.807, 2.05) is 18.7 Å². The summed E-state index contributed by atoms with van der Waals surface area (Å²) in [5.74, 6) is 0.748. The Labute approximate surface area is 112 Å². The van der Waals surface area contributed by atoms with Gasteiger partial charge < -0.3 is 14.3 Å². The predicted molar refractivity (Wildman–Crippen MR) is 67.4 cm³/mol. The number of carbonyl (C=O) groups excluding carboxylic acids is 1. The number of oxazole rings is 1. The third kappa shape index (κ3) is 2.96. The molecule has 1 N–H and O–H groups in total. The summed E-state index contributed by atoms with van der Waals surface area (Å²) in [5.41, 5.74) is 0.818. The Morgan fingerprint density at radius 1 is 1.68 bits per heavy atom. The second-order valence-corrected chi connectivity index (χ2v) is 5.18. The third-order valence-electron chi connectivity index (χ3n) is 3.40. The number of hydrogen-bond acceptors (Lipinski definition) is 6. The normalized spacial score (nSPS) is 24.1. The maximum absolute atomic E-state index is 11.7. The molecule has 1 saturated heterocycles. The topological polar surface area (TPSA) is 75.8 Å². The van der Waals surface area contributed by atoms with Gasteiger partial charge in [0, 0.05) is 25.4 Å². The Morgan fingerprint density at radius 3 is 3.05 bits per heavy atom. The summed E-state index contributed by atoms with van der Waals surface area (Å²) in [7, 11) is 1.36. The molecule has 1 aliphatic heterocycles. The van der Waals surface area contributed by atoms with Crippen LogP contribution < -0.4 is 0 Å². The number of methoxy groups -OCH3 is 1. The van der Waals surface area contributed by atoms with Crippen LogP contribution in [0.5, 0.6) is 0 Å². The number of β-amino-alcohol motifs (C(OH)–C–C–N with tert-alkyl or cyclic N) is 1. The van der Waals surface area contributed by atoms with Crippen molar-refractivity contribution in [2.75, 3.05) is 13.7 Å². The number of hydrogen-bond donors (Lipinski definition) is 1. The van der Waals surface area contributed by atoms with Gasteiger partial charge in [0.1, 0.15) is 11.8 Å². The van der Waals surface area contributed by atoms with E-state index in [9.17, 15) is 9.90 Å². The lowest BCUT2D eigenvalue weighted by molar-refractivity contribution is -0.146. The van der Waals surface area contributed by atoms with Gasteiger partial charge in [0.2, 0.25) is 0 Å². The van der Waals surface area contributed by atoms with Crippen LogP contribution in [0.2, 0.25) is 0 Å². The molecular formula is C13H20N2O4. The standard InChI is InChI=1S/C13H20N2O4/c1-8(2)12-10(14-7-19-12)6-15-5-9(16)4-11(15)13(17)18-3/h7-9,11,16H,4-6H2,1-3H3/t9-,11-/m1/s1. The van der Waals surface area contributed by atoms with Crippen molar-refractivity contribution >= 4 is 5.97 Å². The summed E-state index contributed by atoms with van der Waals surface area (Å²) in [6, 6.07) is -0.406. The lowest BCUT2D eigenvalue weighted by Gasteiger charge is -2.21. The molecule has 1 aromatic heterocycles. The lowest BCUT2D eigenvalue weighted by atomic mass is 10.1. The number of esters is 1. The highest BCUT2D eigenvalue weighted by molar-refractivity contribution is 5.76. The number of likely N-dealkylation sites (tertiary alicyclic amines) is 1. The molecule has 2 rings (SSSR count). The first-order valence-electron chi connectivity index (χ1n) is 6.45.